The zero-order valence-corrected chi connectivity index (χ0v) is 21.3. The van der Waals surface area contributed by atoms with Crippen LogP contribution in [0.25, 0.3) is 10.9 Å². The Kier molecular flexibility index (Phi) is 6.49. The summed E-state index contributed by atoms with van der Waals surface area (Å²) in [5, 5.41) is 27.9. The number of amides is 2. The number of nitrogens with one attached hydrogen (secondary N) is 3. The molecule has 1 saturated heterocycles. The van der Waals surface area contributed by atoms with Crippen LogP contribution in [-0.4, -0.2) is 72.4 Å². The van der Waals surface area contributed by atoms with E-state index in [2.05, 4.69) is 46.8 Å². The van der Waals surface area contributed by atoms with Crippen LogP contribution in [0.4, 0.5) is 16.6 Å². The van der Waals surface area contributed by atoms with Crippen molar-refractivity contribution in [3.8, 4) is 0 Å². The zero-order valence-electron chi connectivity index (χ0n) is 18.2. The molecule has 0 aliphatic carbocycles. The van der Waals surface area contributed by atoms with E-state index in [1.54, 1.807) is 23.4 Å². The predicted octanol–water partition coefficient (Wildman–Crippen LogP) is 3.03. The van der Waals surface area contributed by atoms with Crippen molar-refractivity contribution >= 4 is 78.2 Å². The molecule has 3 aromatic heterocycles. The minimum Gasteiger partial charge on any atom is -0.396 e. The van der Waals surface area contributed by atoms with Crippen molar-refractivity contribution in [3.63, 3.8) is 0 Å². The number of hydrogen-bond acceptors (Lipinski definition) is 8. The summed E-state index contributed by atoms with van der Waals surface area (Å²) in [5.41, 5.74) is 1.03. The predicted molar refractivity (Wildman–Crippen MR) is 136 cm³/mol. The lowest BCUT2D eigenvalue weighted by molar-refractivity contribution is -0.145. The maximum Gasteiger partial charge on any atom is 0.267 e. The van der Waals surface area contributed by atoms with Crippen LogP contribution in [0.5, 0.6) is 0 Å². The zero-order chi connectivity index (χ0) is 24.6. The van der Waals surface area contributed by atoms with Crippen LogP contribution in [0.15, 0.2) is 41.3 Å². The van der Waals surface area contributed by atoms with E-state index in [-0.39, 0.29) is 25.0 Å². The van der Waals surface area contributed by atoms with E-state index in [9.17, 15) is 14.7 Å². The Balaban J connectivity index is 1.19. The number of likely N-dealkylation sites (tertiary alicyclic amines) is 1. The lowest BCUT2D eigenvalue weighted by atomic mass is 9.82. The number of carbonyl (C=O) groups excluding carboxylic acids is 2. The molecule has 4 heterocycles. The summed E-state index contributed by atoms with van der Waals surface area (Å²) >= 11 is 10.5. The molecule has 0 unspecified atom stereocenters. The Labute approximate surface area is 216 Å². The molecule has 4 aromatic rings. The van der Waals surface area contributed by atoms with Gasteiger partial charge in [0.2, 0.25) is 5.91 Å². The molecule has 1 fully saturated rings. The van der Waals surface area contributed by atoms with Crippen molar-refractivity contribution in [1.29, 1.82) is 0 Å². The van der Waals surface area contributed by atoms with Crippen molar-refractivity contribution in [1.82, 2.24) is 29.9 Å². The first-order chi connectivity index (χ1) is 16.9. The van der Waals surface area contributed by atoms with Crippen LogP contribution in [-0.2, 0) is 11.3 Å². The van der Waals surface area contributed by atoms with Crippen LogP contribution < -0.4 is 10.6 Å². The van der Waals surface area contributed by atoms with Crippen molar-refractivity contribution in [2.75, 3.05) is 36.2 Å². The molecule has 5 rings (SSSR count). The molecular weight excluding hydrogens is 560 g/mol. The number of aromatic amines is 1. The Hall–Kier alpha value is -3.00. The number of nitrogens with zero attached hydrogens (tertiary/aromatic N) is 5. The highest BCUT2D eigenvalue weighted by Gasteiger charge is 2.44. The second-order valence-corrected chi connectivity index (χ2v) is 10.5. The van der Waals surface area contributed by atoms with E-state index >= 15 is 0 Å². The highest BCUT2D eigenvalue weighted by atomic mass is 79.9. The number of aromatic nitrogens is 5. The summed E-state index contributed by atoms with van der Waals surface area (Å²) in [6, 6.07) is 5.42. The number of anilines is 3. The minimum atomic E-state index is -0.399. The third kappa shape index (κ3) is 4.76. The first kappa shape index (κ1) is 23.7. The number of carbonyl (C=O) groups is 2. The summed E-state index contributed by atoms with van der Waals surface area (Å²) in [7, 11) is 0. The average Bonchev–Trinajstić information content (AvgIpc) is 3.57. The summed E-state index contributed by atoms with van der Waals surface area (Å²) in [6.45, 7) is 0.910. The highest BCUT2D eigenvalue weighted by molar-refractivity contribution is 9.10. The molecule has 35 heavy (non-hydrogen) atoms. The topological polar surface area (TPSA) is 141 Å². The number of fused-ring (bicyclic) bond motifs is 1. The molecule has 4 N–H and O–H groups in total. The van der Waals surface area contributed by atoms with E-state index in [1.807, 2.05) is 12.1 Å². The Morgan fingerprint density at radius 1 is 1.29 bits per heavy atom. The van der Waals surface area contributed by atoms with Gasteiger partial charge < -0.3 is 20.6 Å². The van der Waals surface area contributed by atoms with Crippen LogP contribution in [0, 0.1) is 5.41 Å². The Morgan fingerprint density at radius 2 is 2.11 bits per heavy atom. The molecule has 1 aromatic carbocycles. The smallest absolute Gasteiger partial charge is 0.267 e. The molecule has 0 spiro atoms. The fraction of sp³-hybridized carbons (Fsp3) is 0.286. The minimum absolute atomic E-state index is 0.0414. The van der Waals surface area contributed by atoms with Crippen LogP contribution in [0.1, 0.15) is 9.67 Å². The summed E-state index contributed by atoms with van der Waals surface area (Å²) in [4.78, 5) is 31.6. The van der Waals surface area contributed by atoms with Crippen molar-refractivity contribution in [3.05, 3.63) is 46.1 Å². The summed E-state index contributed by atoms with van der Waals surface area (Å²) < 4.78 is 2.26. The number of H-pyrrole nitrogens is 1. The maximum atomic E-state index is 12.8. The van der Waals surface area contributed by atoms with Gasteiger partial charge in [-0.1, -0.05) is 11.3 Å². The van der Waals surface area contributed by atoms with E-state index in [0.717, 1.165) is 15.4 Å². The Bertz CT molecular complexity index is 1390. The van der Waals surface area contributed by atoms with Crippen LogP contribution in [0.3, 0.4) is 0 Å². The van der Waals surface area contributed by atoms with Gasteiger partial charge in [-0.15, -0.1) is 11.6 Å². The fourth-order valence-electron chi connectivity index (χ4n) is 3.76. The normalized spacial score (nSPS) is 14.7. The number of halogens is 2. The van der Waals surface area contributed by atoms with Crippen molar-refractivity contribution in [2.24, 2.45) is 5.41 Å². The lowest BCUT2D eigenvalue weighted by Gasteiger charge is -2.48. The maximum absolute atomic E-state index is 12.8. The second-order valence-electron chi connectivity index (χ2n) is 8.30. The first-order valence-corrected chi connectivity index (χ1v) is 12.7. The molecule has 14 heteroatoms. The van der Waals surface area contributed by atoms with Crippen molar-refractivity contribution in [2.45, 2.75) is 6.54 Å². The van der Waals surface area contributed by atoms with Gasteiger partial charge in [-0.2, -0.15) is 10.2 Å². The van der Waals surface area contributed by atoms with E-state index in [1.165, 1.54) is 22.2 Å². The highest BCUT2D eigenvalue weighted by Crippen LogP contribution is 2.32. The SMILES string of the molecule is O=C(Nc1c(Br)ccc2[nH]ncc12)c1cnc(Nc2ccn(CC(=O)N3CC(CO)(CCl)C3)n2)s1. The number of hydrogen-bond donors (Lipinski definition) is 4. The fourth-order valence-corrected chi connectivity index (χ4v) is 5.18. The molecule has 1 aliphatic heterocycles. The monoisotopic (exact) mass is 578 g/mol. The number of thiazole rings is 1. The van der Waals surface area contributed by atoms with Crippen LogP contribution in [0.2, 0.25) is 0 Å². The van der Waals surface area contributed by atoms with Gasteiger partial charge in [0.25, 0.3) is 5.91 Å². The van der Waals surface area contributed by atoms with Gasteiger partial charge in [-0.25, -0.2) is 4.98 Å². The molecule has 0 radical (unpaired) electrons. The number of benzene rings is 1. The van der Waals surface area contributed by atoms with Gasteiger partial charge in [0.1, 0.15) is 11.4 Å². The third-order valence-corrected chi connectivity index (χ3v) is 7.88. The average molecular weight is 580 g/mol. The molecule has 0 atom stereocenters. The third-order valence-electron chi connectivity index (χ3n) is 5.74. The number of alkyl halides is 1. The summed E-state index contributed by atoms with van der Waals surface area (Å²) in [5.74, 6) is 0.416. The standard InChI is InChI=1S/C21H20BrClN8O3S/c22-13-1-2-14-12(5-25-28-14)18(13)27-19(34)15-6-24-20(35-15)26-16-3-4-31(29-16)7-17(33)30-9-21(8-23,10-30)11-32/h1-6,32H,7-11H2,(H,25,28)(H,27,34)(H,24,26,29). The van der Waals surface area contributed by atoms with E-state index < -0.39 is 5.41 Å². The molecular formula is C21H20BrClN8O3S. The summed E-state index contributed by atoms with van der Waals surface area (Å²) in [6.07, 6.45) is 4.82. The largest absolute Gasteiger partial charge is 0.396 e. The molecule has 0 bridgehead atoms. The first-order valence-electron chi connectivity index (χ1n) is 10.5. The molecule has 182 valence electrons. The molecule has 2 amide bonds. The second kappa shape index (κ2) is 9.57. The van der Waals surface area contributed by atoms with Gasteiger partial charge in [-0.3, -0.25) is 19.4 Å². The quantitative estimate of drug-likeness (QED) is 0.235. The number of rotatable bonds is 8. The van der Waals surface area contributed by atoms with E-state index in [4.69, 9.17) is 11.6 Å². The van der Waals surface area contributed by atoms with Gasteiger partial charge in [-0.05, 0) is 28.1 Å². The van der Waals surface area contributed by atoms with Crippen molar-refractivity contribution < 1.29 is 14.7 Å². The number of aliphatic hydroxyl groups excluding tert-OH is 1. The lowest BCUT2D eigenvalue weighted by Crippen LogP contribution is -2.61. The molecule has 1 aliphatic rings. The number of aliphatic hydroxyl groups is 1. The Morgan fingerprint density at radius 3 is 2.89 bits per heavy atom. The van der Waals surface area contributed by atoms with Gasteiger partial charge in [0.15, 0.2) is 10.9 Å². The van der Waals surface area contributed by atoms with Crippen LogP contribution >= 0.6 is 38.9 Å². The van der Waals surface area contributed by atoms with Gasteiger partial charge in [0, 0.05) is 46.5 Å². The molecule has 0 saturated carbocycles. The van der Waals surface area contributed by atoms with E-state index in [0.29, 0.717) is 40.5 Å². The van der Waals surface area contributed by atoms with Gasteiger partial charge in [0.05, 0.1) is 30.2 Å². The van der Waals surface area contributed by atoms with Gasteiger partial charge >= 0.3 is 0 Å². The molecule has 11 nitrogen and oxygen atoms in total.